The largest absolute Gasteiger partial charge is 0.330 e. The van der Waals surface area contributed by atoms with Crippen LogP contribution in [0.5, 0.6) is 0 Å². The highest BCUT2D eigenvalue weighted by molar-refractivity contribution is 6.30. The fourth-order valence-electron chi connectivity index (χ4n) is 4.47. The Bertz CT molecular complexity index is 1280. The number of nitrogens with zero attached hydrogens (tertiary/aromatic N) is 5. The van der Waals surface area contributed by atoms with Gasteiger partial charge in [0.1, 0.15) is 5.56 Å². The molecule has 0 bridgehead atoms. The van der Waals surface area contributed by atoms with E-state index < -0.39 is 0 Å². The minimum Gasteiger partial charge on any atom is -0.330 e. The van der Waals surface area contributed by atoms with E-state index in [1.165, 1.54) is 5.56 Å². The first-order chi connectivity index (χ1) is 15.5. The maximum absolute atomic E-state index is 13.5. The number of benzene rings is 1. The molecule has 0 aliphatic carbocycles. The van der Waals surface area contributed by atoms with Crippen molar-refractivity contribution in [2.24, 2.45) is 0 Å². The highest BCUT2D eigenvalue weighted by Crippen LogP contribution is 2.33. The predicted octanol–water partition coefficient (Wildman–Crippen LogP) is 4.96. The summed E-state index contributed by atoms with van der Waals surface area (Å²) in [6.07, 6.45) is 6.20. The topological polar surface area (TPSA) is 63.4 Å². The summed E-state index contributed by atoms with van der Waals surface area (Å²) in [7, 11) is 0. The molecule has 32 heavy (non-hydrogen) atoms. The van der Waals surface area contributed by atoms with Crippen molar-refractivity contribution in [3.05, 3.63) is 93.7 Å². The molecule has 6 nitrogen and oxygen atoms in total. The third-order valence-corrected chi connectivity index (χ3v) is 6.28. The Morgan fingerprint density at radius 3 is 2.62 bits per heavy atom. The first kappa shape index (κ1) is 20.6. The molecule has 7 heteroatoms. The number of pyridine rings is 1. The quantitative estimate of drug-likeness (QED) is 0.445. The van der Waals surface area contributed by atoms with Crippen molar-refractivity contribution >= 4 is 23.2 Å². The van der Waals surface area contributed by atoms with Crippen LogP contribution in [0.2, 0.25) is 5.02 Å². The van der Waals surface area contributed by atoms with Crippen molar-refractivity contribution in [1.82, 2.24) is 24.5 Å². The minimum atomic E-state index is -0.0351. The zero-order valence-corrected chi connectivity index (χ0v) is 18.9. The maximum Gasteiger partial charge on any atom is 0.259 e. The van der Waals surface area contributed by atoms with Gasteiger partial charge < -0.3 is 4.90 Å². The summed E-state index contributed by atoms with van der Waals surface area (Å²) in [6, 6.07) is 13.9. The van der Waals surface area contributed by atoms with Crippen molar-refractivity contribution in [1.29, 1.82) is 0 Å². The molecule has 4 aromatic rings. The van der Waals surface area contributed by atoms with Gasteiger partial charge in [0.15, 0.2) is 5.65 Å². The van der Waals surface area contributed by atoms with Crippen LogP contribution in [0.3, 0.4) is 0 Å². The maximum atomic E-state index is 13.5. The SMILES string of the molecule is Cc1cc(C)n2ncc(C(=O)N3CCC[C@@H]3c3ccc(Cc4ccc(Cl)cc4)cn3)c2n1. The molecule has 1 aliphatic rings. The molecule has 3 aromatic heterocycles. The lowest BCUT2D eigenvalue weighted by Gasteiger charge is -2.24. The van der Waals surface area contributed by atoms with E-state index in [2.05, 4.69) is 16.1 Å². The summed E-state index contributed by atoms with van der Waals surface area (Å²) in [6.45, 7) is 4.61. The molecule has 0 spiro atoms. The molecule has 5 rings (SSSR count). The fourth-order valence-corrected chi connectivity index (χ4v) is 4.59. The lowest BCUT2D eigenvalue weighted by Crippen LogP contribution is -2.31. The number of fused-ring (bicyclic) bond motifs is 1. The van der Waals surface area contributed by atoms with E-state index in [4.69, 9.17) is 16.6 Å². The van der Waals surface area contributed by atoms with E-state index in [1.54, 1.807) is 10.7 Å². The van der Waals surface area contributed by atoms with Gasteiger partial charge in [-0.15, -0.1) is 0 Å². The molecule has 162 valence electrons. The summed E-state index contributed by atoms with van der Waals surface area (Å²) in [4.78, 5) is 24.7. The minimum absolute atomic E-state index is 0.0343. The number of likely N-dealkylation sites (tertiary alicyclic amines) is 1. The van der Waals surface area contributed by atoms with Crippen molar-refractivity contribution in [2.45, 2.75) is 39.2 Å². The second kappa shape index (κ2) is 8.36. The van der Waals surface area contributed by atoms with Crippen LogP contribution in [-0.4, -0.2) is 36.9 Å². The van der Waals surface area contributed by atoms with E-state index in [1.807, 2.05) is 61.3 Å². The molecule has 1 fully saturated rings. The number of aryl methyl sites for hydroxylation is 2. The standard InChI is InChI=1S/C25H24ClN5O/c1-16-12-17(2)31-24(29-16)21(15-28-31)25(32)30-11-3-4-23(30)22-10-7-19(14-27-22)13-18-5-8-20(26)9-6-18/h5-10,12,14-15,23H,3-4,11,13H2,1-2H3/t23-/m1/s1. The molecule has 0 radical (unpaired) electrons. The lowest BCUT2D eigenvalue weighted by atomic mass is 10.0. The van der Waals surface area contributed by atoms with E-state index in [0.717, 1.165) is 46.9 Å². The van der Waals surface area contributed by atoms with Crippen LogP contribution in [0.15, 0.2) is 54.9 Å². The first-order valence-electron chi connectivity index (χ1n) is 10.8. The van der Waals surface area contributed by atoms with Gasteiger partial charge in [-0.1, -0.05) is 29.8 Å². The van der Waals surface area contributed by atoms with Crippen LogP contribution in [0.4, 0.5) is 0 Å². The van der Waals surface area contributed by atoms with E-state index >= 15 is 0 Å². The number of carbonyl (C=O) groups is 1. The molecular formula is C25H24ClN5O. The van der Waals surface area contributed by atoms with Gasteiger partial charge in [-0.25, -0.2) is 9.50 Å². The lowest BCUT2D eigenvalue weighted by molar-refractivity contribution is 0.0734. The molecule has 1 amide bonds. The zero-order chi connectivity index (χ0) is 22.2. The van der Waals surface area contributed by atoms with Gasteiger partial charge >= 0.3 is 0 Å². The average molecular weight is 446 g/mol. The third kappa shape index (κ3) is 3.86. The Balaban J connectivity index is 1.38. The normalized spacial score (nSPS) is 16.1. The van der Waals surface area contributed by atoms with Crippen molar-refractivity contribution < 1.29 is 4.79 Å². The van der Waals surface area contributed by atoms with E-state index in [9.17, 15) is 4.79 Å². The molecule has 1 saturated heterocycles. The summed E-state index contributed by atoms with van der Waals surface area (Å²) >= 11 is 5.98. The van der Waals surface area contributed by atoms with Crippen molar-refractivity contribution in [2.75, 3.05) is 6.54 Å². The molecule has 0 saturated carbocycles. The van der Waals surface area contributed by atoms with Gasteiger partial charge in [-0.2, -0.15) is 5.10 Å². The van der Waals surface area contributed by atoms with Gasteiger partial charge in [-0.3, -0.25) is 9.78 Å². The number of rotatable bonds is 4. The van der Waals surface area contributed by atoms with Crippen LogP contribution < -0.4 is 0 Å². The Hall–Kier alpha value is -3.25. The van der Waals surface area contributed by atoms with Gasteiger partial charge in [0.05, 0.1) is 17.9 Å². The summed E-state index contributed by atoms with van der Waals surface area (Å²) in [5.41, 5.74) is 6.24. The highest BCUT2D eigenvalue weighted by atomic mass is 35.5. The number of hydrogen-bond donors (Lipinski definition) is 0. The van der Waals surface area contributed by atoms with Crippen LogP contribution in [0.1, 0.15) is 57.5 Å². The number of aromatic nitrogens is 4. The number of hydrogen-bond acceptors (Lipinski definition) is 4. The number of carbonyl (C=O) groups excluding carboxylic acids is 1. The van der Waals surface area contributed by atoms with Gasteiger partial charge in [-0.05, 0) is 68.5 Å². The summed E-state index contributed by atoms with van der Waals surface area (Å²) in [5, 5.41) is 5.13. The molecule has 4 heterocycles. The van der Waals surface area contributed by atoms with Crippen molar-refractivity contribution in [3.8, 4) is 0 Å². The highest BCUT2D eigenvalue weighted by Gasteiger charge is 2.33. The molecule has 1 aromatic carbocycles. The van der Waals surface area contributed by atoms with Crippen molar-refractivity contribution in [3.63, 3.8) is 0 Å². The van der Waals surface area contributed by atoms with Gasteiger partial charge in [0.2, 0.25) is 0 Å². The fraction of sp³-hybridized carbons (Fsp3) is 0.280. The Kier molecular flexibility index (Phi) is 5.39. The second-order valence-corrected chi connectivity index (χ2v) is 8.82. The van der Waals surface area contributed by atoms with Gasteiger partial charge in [0.25, 0.3) is 5.91 Å². The monoisotopic (exact) mass is 445 g/mol. The Morgan fingerprint density at radius 2 is 1.88 bits per heavy atom. The van der Waals surface area contributed by atoms with Crippen LogP contribution in [0, 0.1) is 13.8 Å². The smallest absolute Gasteiger partial charge is 0.259 e. The summed E-state index contributed by atoms with van der Waals surface area (Å²) < 4.78 is 1.73. The Labute approximate surface area is 191 Å². The first-order valence-corrected chi connectivity index (χ1v) is 11.2. The zero-order valence-electron chi connectivity index (χ0n) is 18.1. The average Bonchev–Trinajstić information content (AvgIpc) is 3.43. The number of halogens is 1. The molecule has 0 unspecified atom stereocenters. The van der Waals surface area contributed by atoms with E-state index in [-0.39, 0.29) is 11.9 Å². The molecule has 1 atom stereocenters. The molecule has 1 aliphatic heterocycles. The van der Waals surface area contributed by atoms with Crippen LogP contribution >= 0.6 is 11.6 Å². The second-order valence-electron chi connectivity index (χ2n) is 8.38. The molecular weight excluding hydrogens is 422 g/mol. The number of amides is 1. The van der Waals surface area contributed by atoms with E-state index in [0.29, 0.717) is 17.8 Å². The molecule has 0 N–H and O–H groups in total. The van der Waals surface area contributed by atoms with Crippen LogP contribution in [0.25, 0.3) is 5.65 Å². The predicted molar refractivity (Wildman–Crippen MR) is 124 cm³/mol. The van der Waals surface area contributed by atoms with Gasteiger partial charge in [0, 0.05) is 29.2 Å². The third-order valence-electron chi connectivity index (χ3n) is 6.03. The summed E-state index contributed by atoms with van der Waals surface area (Å²) in [5.74, 6) is -0.0351. The van der Waals surface area contributed by atoms with Crippen LogP contribution in [-0.2, 0) is 6.42 Å². The Morgan fingerprint density at radius 1 is 1.09 bits per heavy atom.